The molecular weight excluding hydrogens is 348 g/mol. The van der Waals surface area contributed by atoms with E-state index in [1.165, 1.54) is 12.1 Å². The van der Waals surface area contributed by atoms with Crippen molar-refractivity contribution in [2.24, 2.45) is 10.2 Å². The second-order valence-corrected chi connectivity index (χ2v) is 4.82. The molecule has 0 heterocycles. The molecule has 0 saturated heterocycles. The molecule has 0 fully saturated rings. The molecule has 10 nitrogen and oxygen atoms in total. The van der Waals surface area contributed by atoms with Crippen LogP contribution in [0, 0.1) is 0 Å². The van der Waals surface area contributed by atoms with E-state index in [0.717, 1.165) is 24.3 Å². The first-order chi connectivity index (χ1) is 12.2. The van der Waals surface area contributed by atoms with E-state index in [2.05, 4.69) is 10.2 Å². The first-order valence-corrected chi connectivity index (χ1v) is 6.85. The molecule has 0 aliphatic carbocycles. The largest absolute Gasteiger partial charge is 0.478 e. The van der Waals surface area contributed by atoms with Gasteiger partial charge in [-0.3, -0.25) is 0 Å². The summed E-state index contributed by atoms with van der Waals surface area (Å²) in [7, 11) is 0. The van der Waals surface area contributed by atoms with Crippen molar-refractivity contribution in [1.29, 1.82) is 0 Å². The molecule has 10 heteroatoms. The quantitative estimate of drug-likeness (QED) is 0.570. The molecule has 0 unspecified atom stereocenters. The number of carboxylic acid groups (broad SMARTS) is 4. The summed E-state index contributed by atoms with van der Waals surface area (Å²) >= 11 is 0. The Labute approximate surface area is 144 Å². The topological polar surface area (TPSA) is 174 Å². The second kappa shape index (κ2) is 7.21. The third-order valence-corrected chi connectivity index (χ3v) is 3.24. The van der Waals surface area contributed by atoms with Crippen molar-refractivity contribution in [2.75, 3.05) is 0 Å². The fraction of sp³-hybridized carbons (Fsp3) is 0. The predicted octanol–water partition coefficient (Wildman–Crippen LogP) is 2.89. The van der Waals surface area contributed by atoms with Crippen LogP contribution >= 0.6 is 0 Å². The summed E-state index contributed by atoms with van der Waals surface area (Å²) in [5, 5.41) is 43.8. The number of hydrogen-bond acceptors (Lipinski definition) is 6. The van der Waals surface area contributed by atoms with Crippen molar-refractivity contribution in [2.45, 2.75) is 0 Å². The Balaban J connectivity index is 2.72. The highest BCUT2D eigenvalue weighted by molar-refractivity contribution is 6.03. The van der Waals surface area contributed by atoms with Gasteiger partial charge in [-0.05, 0) is 24.3 Å². The van der Waals surface area contributed by atoms with Crippen LogP contribution in [0.4, 0.5) is 11.4 Å². The van der Waals surface area contributed by atoms with Crippen LogP contribution in [0.25, 0.3) is 0 Å². The third kappa shape index (κ3) is 3.53. The van der Waals surface area contributed by atoms with Crippen LogP contribution in [0.3, 0.4) is 0 Å². The Bertz CT molecular complexity index is 823. The highest BCUT2D eigenvalue weighted by Gasteiger charge is 2.21. The monoisotopic (exact) mass is 358 g/mol. The van der Waals surface area contributed by atoms with Crippen LogP contribution < -0.4 is 0 Å². The summed E-state index contributed by atoms with van der Waals surface area (Å²) < 4.78 is 0. The average Bonchev–Trinajstić information content (AvgIpc) is 2.58. The number of carboxylic acids is 4. The summed E-state index contributed by atoms with van der Waals surface area (Å²) in [4.78, 5) is 45.1. The lowest BCUT2D eigenvalue weighted by molar-refractivity contribution is 0.0677. The molecular formula is C16H10N2O8. The molecule has 2 aromatic carbocycles. The van der Waals surface area contributed by atoms with Crippen molar-refractivity contribution < 1.29 is 39.6 Å². The van der Waals surface area contributed by atoms with Gasteiger partial charge in [0.1, 0.15) is 11.4 Å². The number of azo groups is 1. The Hall–Kier alpha value is -4.08. The van der Waals surface area contributed by atoms with E-state index in [-0.39, 0.29) is 0 Å². The zero-order valence-corrected chi connectivity index (χ0v) is 12.8. The van der Waals surface area contributed by atoms with Crippen LogP contribution in [0.1, 0.15) is 41.4 Å². The maximum absolute atomic E-state index is 11.3. The van der Waals surface area contributed by atoms with Crippen LogP contribution in [0.2, 0.25) is 0 Å². The molecule has 132 valence electrons. The van der Waals surface area contributed by atoms with E-state index >= 15 is 0 Å². The Kier molecular flexibility index (Phi) is 5.07. The molecule has 0 atom stereocenters. The van der Waals surface area contributed by atoms with Gasteiger partial charge >= 0.3 is 23.9 Å². The lowest BCUT2D eigenvalue weighted by Gasteiger charge is -2.06. The SMILES string of the molecule is O=C(O)c1cccc(C(=O)O)c1/N=N/c1c(C(=O)O)cccc1C(=O)O. The lowest BCUT2D eigenvalue weighted by atomic mass is 10.1. The van der Waals surface area contributed by atoms with Crippen molar-refractivity contribution in [1.82, 2.24) is 0 Å². The number of carbonyl (C=O) groups is 4. The van der Waals surface area contributed by atoms with E-state index in [1.54, 1.807) is 0 Å². The van der Waals surface area contributed by atoms with Crippen molar-refractivity contribution in [3.05, 3.63) is 58.7 Å². The van der Waals surface area contributed by atoms with Crippen molar-refractivity contribution in [3.8, 4) is 0 Å². The molecule has 2 aromatic rings. The van der Waals surface area contributed by atoms with E-state index in [9.17, 15) is 39.6 Å². The molecule has 2 rings (SSSR count). The van der Waals surface area contributed by atoms with Crippen LogP contribution in [0.15, 0.2) is 46.6 Å². The molecule has 0 aliphatic rings. The molecule has 0 amide bonds. The van der Waals surface area contributed by atoms with E-state index < -0.39 is 57.5 Å². The number of aromatic carboxylic acids is 4. The number of hydrogen-bond donors (Lipinski definition) is 4. The summed E-state index contributed by atoms with van der Waals surface area (Å²) in [6.07, 6.45) is 0. The Morgan fingerprint density at radius 1 is 0.538 bits per heavy atom. The zero-order valence-electron chi connectivity index (χ0n) is 12.8. The second-order valence-electron chi connectivity index (χ2n) is 4.82. The molecule has 0 saturated carbocycles. The van der Waals surface area contributed by atoms with Gasteiger partial charge in [0.15, 0.2) is 0 Å². The molecule has 0 radical (unpaired) electrons. The van der Waals surface area contributed by atoms with Crippen LogP contribution in [-0.2, 0) is 0 Å². The van der Waals surface area contributed by atoms with Gasteiger partial charge in [0, 0.05) is 0 Å². The highest BCUT2D eigenvalue weighted by Crippen LogP contribution is 2.30. The zero-order chi connectivity index (χ0) is 19.4. The molecule has 0 aromatic heterocycles. The van der Waals surface area contributed by atoms with Crippen LogP contribution in [0.5, 0.6) is 0 Å². The maximum Gasteiger partial charge on any atom is 0.337 e. The summed E-state index contributed by atoms with van der Waals surface area (Å²) in [6, 6.07) is 6.74. The molecule has 0 aliphatic heterocycles. The van der Waals surface area contributed by atoms with Gasteiger partial charge in [-0.25, -0.2) is 19.2 Å². The predicted molar refractivity (Wildman–Crippen MR) is 84.9 cm³/mol. The minimum absolute atomic E-state index is 0.488. The van der Waals surface area contributed by atoms with Crippen molar-refractivity contribution >= 4 is 35.3 Å². The van der Waals surface area contributed by atoms with E-state index in [4.69, 9.17) is 0 Å². The molecule has 26 heavy (non-hydrogen) atoms. The first kappa shape index (κ1) is 18.3. The smallest absolute Gasteiger partial charge is 0.337 e. The molecule has 4 N–H and O–H groups in total. The van der Waals surface area contributed by atoms with Gasteiger partial charge in [0.05, 0.1) is 22.3 Å². The maximum atomic E-state index is 11.3. The Morgan fingerprint density at radius 2 is 0.769 bits per heavy atom. The standard InChI is InChI=1S/C16H10N2O8/c19-13(20)7-3-1-4-8(14(21)22)11(7)17-18-12-9(15(23)24)5-2-6-10(12)16(25)26/h1-6H,(H,19,20)(H,21,22)(H,23,24)(H,25,26)/b18-17+. The minimum Gasteiger partial charge on any atom is -0.478 e. The fourth-order valence-corrected chi connectivity index (χ4v) is 2.09. The number of rotatable bonds is 6. The third-order valence-electron chi connectivity index (χ3n) is 3.24. The summed E-state index contributed by atoms with van der Waals surface area (Å²) in [6.45, 7) is 0. The summed E-state index contributed by atoms with van der Waals surface area (Å²) in [5.74, 6) is -5.92. The summed E-state index contributed by atoms with van der Waals surface area (Å²) in [5.41, 5.74) is -3.03. The normalized spacial score (nSPS) is 10.6. The number of nitrogens with zero attached hydrogens (tertiary/aromatic N) is 2. The first-order valence-electron chi connectivity index (χ1n) is 6.85. The molecule has 0 bridgehead atoms. The van der Waals surface area contributed by atoms with Crippen LogP contribution in [-0.4, -0.2) is 44.3 Å². The Morgan fingerprint density at radius 3 is 0.962 bits per heavy atom. The van der Waals surface area contributed by atoms with Gasteiger partial charge in [0.2, 0.25) is 0 Å². The lowest BCUT2D eigenvalue weighted by Crippen LogP contribution is -2.04. The highest BCUT2D eigenvalue weighted by atomic mass is 16.4. The fourth-order valence-electron chi connectivity index (χ4n) is 2.09. The van der Waals surface area contributed by atoms with E-state index in [1.807, 2.05) is 0 Å². The van der Waals surface area contributed by atoms with Gasteiger partial charge < -0.3 is 20.4 Å². The number of benzene rings is 2. The average molecular weight is 358 g/mol. The van der Waals surface area contributed by atoms with Gasteiger partial charge in [0.25, 0.3) is 0 Å². The minimum atomic E-state index is -1.48. The van der Waals surface area contributed by atoms with E-state index in [0.29, 0.717) is 0 Å². The van der Waals surface area contributed by atoms with Gasteiger partial charge in [-0.15, -0.1) is 10.2 Å². The van der Waals surface area contributed by atoms with Crippen molar-refractivity contribution in [3.63, 3.8) is 0 Å². The van der Waals surface area contributed by atoms with Gasteiger partial charge in [-0.2, -0.15) is 0 Å². The molecule has 0 spiro atoms. The van der Waals surface area contributed by atoms with Gasteiger partial charge in [-0.1, -0.05) is 12.1 Å².